The number of fused-ring (bicyclic) bond motifs is 1. The molecule has 0 aliphatic heterocycles. The summed E-state index contributed by atoms with van der Waals surface area (Å²) < 4.78 is 10.2. The molecule has 0 radical (unpaired) electrons. The molecule has 88 valence electrons. The smallest absolute Gasteiger partial charge is 0.357 e. The fourth-order valence-corrected chi connectivity index (χ4v) is 1.72. The molecule has 4 heteroatoms. The van der Waals surface area contributed by atoms with Gasteiger partial charge in [0.25, 0.3) is 0 Å². The maximum Gasteiger partial charge on any atom is 0.357 e. The first-order valence-electron chi connectivity index (χ1n) is 5.36. The molecule has 2 rings (SSSR count). The van der Waals surface area contributed by atoms with Crippen molar-refractivity contribution in [2.45, 2.75) is 6.92 Å². The summed E-state index contributed by atoms with van der Waals surface area (Å²) in [6.45, 7) is 2.10. The maximum atomic E-state index is 11.7. The summed E-state index contributed by atoms with van der Waals surface area (Å²) in [6.07, 6.45) is 1.58. The largest absolute Gasteiger partial charge is 0.496 e. The van der Waals surface area contributed by atoms with Crippen molar-refractivity contribution in [3.05, 3.63) is 36.2 Å². The van der Waals surface area contributed by atoms with Crippen molar-refractivity contribution in [3.8, 4) is 5.75 Å². The van der Waals surface area contributed by atoms with Crippen LogP contribution in [0.5, 0.6) is 5.75 Å². The number of rotatable bonds is 3. The highest BCUT2D eigenvalue weighted by Gasteiger charge is 2.13. The molecule has 0 fully saturated rings. The predicted molar refractivity (Wildman–Crippen MR) is 64.3 cm³/mol. The predicted octanol–water partition coefficient (Wildman–Crippen LogP) is 2.42. The highest BCUT2D eigenvalue weighted by molar-refractivity contribution is 6.04. The van der Waals surface area contributed by atoms with Crippen molar-refractivity contribution in [1.82, 2.24) is 4.98 Å². The molecule has 0 N–H and O–H groups in total. The first kappa shape index (κ1) is 11.4. The first-order valence-corrected chi connectivity index (χ1v) is 5.36. The molecule has 1 aromatic carbocycles. The summed E-state index contributed by atoms with van der Waals surface area (Å²) in [5.74, 6) is 0.307. The van der Waals surface area contributed by atoms with Crippen molar-refractivity contribution in [3.63, 3.8) is 0 Å². The normalized spacial score (nSPS) is 10.2. The number of aromatic nitrogens is 1. The Hall–Kier alpha value is -2.10. The first-order chi connectivity index (χ1) is 8.27. The Kier molecular flexibility index (Phi) is 3.23. The lowest BCUT2D eigenvalue weighted by molar-refractivity contribution is 0.0522. The van der Waals surface area contributed by atoms with Crippen LogP contribution in [0.3, 0.4) is 0 Å². The zero-order valence-corrected chi connectivity index (χ0v) is 9.77. The quantitative estimate of drug-likeness (QED) is 0.761. The molecule has 1 aromatic heterocycles. The van der Waals surface area contributed by atoms with Gasteiger partial charge in [0.05, 0.1) is 13.7 Å². The topological polar surface area (TPSA) is 48.4 Å². The molecule has 0 spiro atoms. The van der Waals surface area contributed by atoms with Crippen molar-refractivity contribution in [1.29, 1.82) is 0 Å². The average molecular weight is 231 g/mol. The third-order valence-electron chi connectivity index (χ3n) is 2.45. The van der Waals surface area contributed by atoms with Crippen LogP contribution in [0.2, 0.25) is 0 Å². The lowest BCUT2D eigenvalue weighted by Gasteiger charge is -2.08. The van der Waals surface area contributed by atoms with Crippen LogP contribution in [-0.4, -0.2) is 24.7 Å². The van der Waals surface area contributed by atoms with Gasteiger partial charge < -0.3 is 9.47 Å². The standard InChI is InChI=1S/C13H13NO3/c1-3-17-13(15)12-10-5-4-6-11(16-2)9(10)7-8-14-12/h4-8H,3H2,1-2H3. The van der Waals surface area contributed by atoms with E-state index in [0.717, 1.165) is 16.5 Å². The van der Waals surface area contributed by atoms with Crippen LogP contribution in [0.4, 0.5) is 0 Å². The van der Waals surface area contributed by atoms with Crippen molar-refractivity contribution in [2.75, 3.05) is 13.7 Å². The van der Waals surface area contributed by atoms with Gasteiger partial charge >= 0.3 is 5.97 Å². The molecular formula is C13H13NO3. The van der Waals surface area contributed by atoms with E-state index in [9.17, 15) is 4.79 Å². The number of nitrogens with zero attached hydrogens (tertiary/aromatic N) is 1. The minimum absolute atomic E-state index is 0.322. The van der Waals surface area contributed by atoms with Crippen LogP contribution in [0, 0.1) is 0 Å². The number of ether oxygens (including phenoxy) is 2. The number of hydrogen-bond donors (Lipinski definition) is 0. The lowest BCUT2D eigenvalue weighted by Crippen LogP contribution is -2.07. The van der Waals surface area contributed by atoms with E-state index in [1.54, 1.807) is 20.2 Å². The number of hydrogen-bond acceptors (Lipinski definition) is 4. The van der Waals surface area contributed by atoms with Crippen molar-refractivity contribution < 1.29 is 14.3 Å². The summed E-state index contributed by atoms with van der Waals surface area (Å²) in [4.78, 5) is 15.8. The van der Waals surface area contributed by atoms with Crippen LogP contribution < -0.4 is 4.74 Å². The van der Waals surface area contributed by atoms with Crippen LogP contribution in [0.25, 0.3) is 10.8 Å². The number of pyridine rings is 1. The SMILES string of the molecule is CCOC(=O)c1nccc2c(OC)cccc12. The van der Waals surface area contributed by atoms with E-state index in [-0.39, 0.29) is 0 Å². The highest BCUT2D eigenvalue weighted by atomic mass is 16.5. The highest BCUT2D eigenvalue weighted by Crippen LogP contribution is 2.26. The van der Waals surface area contributed by atoms with Gasteiger partial charge in [0, 0.05) is 17.0 Å². The number of benzene rings is 1. The van der Waals surface area contributed by atoms with Gasteiger partial charge in [0.1, 0.15) is 5.75 Å². The van der Waals surface area contributed by atoms with Gasteiger partial charge in [-0.15, -0.1) is 0 Å². The second-order valence-corrected chi connectivity index (χ2v) is 3.44. The van der Waals surface area contributed by atoms with E-state index in [1.165, 1.54) is 0 Å². The van der Waals surface area contributed by atoms with E-state index >= 15 is 0 Å². The lowest BCUT2D eigenvalue weighted by atomic mass is 10.1. The Balaban J connectivity index is 2.62. The molecule has 0 aliphatic carbocycles. The average Bonchev–Trinajstić information content (AvgIpc) is 2.37. The van der Waals surface area contributed by atoms with Gasteiger partial charge in [0.2, 0.25) is 0 Å². The van der Waals surface area contributed by atoms with Gasteiger partial charge in [-0.05, 0) is 19.1 Å². The number of carbonyl (C=O) groups is 1. The Morgan fingerprint density at radius 2 is 2.12 bits per heavy atom. The molecule has 0 saturated carbocycles. The van der Waals surface area contributed by atoms with E-state index in [1.807, 2.05) is 24.3 Å². The third-order valence-corrected chi connectivity index (χ3v) is 2.45. The molecular weight excluding hydrogens is 218 g/mol. The van der Waals surface area contributed by atoms with Crippen LogP contribution in [0.15, 0.2) is 30.5 Å². The molecule has 0 atom stereocenters. The fourth-order valence-electron chi connectivity index (χ4n) is 1.72. The van der Waals surface area contributed by atoms with Gasteiger partial charge in [-0.25, -0.2) is 9.78 Å². The van der Waals surface area contributed by atoms with Crippen LogP contribution in [-0.2, 0) is 4.74 Å². The molecule has 0 saturated heterocycles. The molecule has 17 heavy (non-hydrogen) atoms. The van der Waals surface area contributed by atoms with Gasteiger partial charge in [-0.2, -0.15) is 0 Å². The molecule has 0 amide bonds. The summed E-state index contributed by atoms with van der Waals surface area (Å²) in [5, 5.41) is 1.60. The third kappa shape index (κ3) is 2.06. The fraction of sp³-hybridized carbons (Fsp3) is 0.231. The summed E-state index contributed by atoms with van der Waals surface area (Å²) in [5.41, 5.74) is 0.322. The van der Waals surface area contributed by atoms with Crippen molar-refractivity contribution in [2.24, 2.45) is 0 Å². The molecule has 0 unspecified atom stereocenters. The van der Waals surface area contributed by atoms with E-state index in [2.05, 4.69) is 4.98 Å². The second-order valence-electron chi connectivity index (χ2n) is 3.44. The van der Waals surface area contributed by atoms with Gasteiger partial charge in [-0.1, -0.05) is 12.1 Å². The molecule has 0 bridgehead atoms. The summed E-state index contributed by atoms with van der Waals surface area (Å²) >= 11 is 0. The molecule has 2 aromatic rings. The number of carbonyl (C=O) groups excluding carboxylic acids is 1. The Morgan fingerprint density at radius 3 is 2.82 bits per heavy atom. The van der Waals surface area contributed by atoms with Crippen molar-refractivity contribution >= 4 is 16.7 Å². The summed E-state index contributed by atoms with van der Waals surface area (Å²) in [6, 6.07) is 7.32. The van der Waals surface area contributed by atoms with E-state index in [4.69, 9.17) is 9.47 Å². The second kappa shape index (κ2) is 4.82. The zero-order chi connectivity index (χ0) is 12.3. The molecule has 4 nitrogen and oxygen atoms in total. The minimum Gasteiger partial charge on any atom is -0.496 e. The maximum absolute atomic E-state index is 11.7. The Labute approximate surface area is 99.2 Å². The molecule has 1 heterocycles. The van der Waals surface area contributed by atoms with Crippen LogP contribution >= 0.6 is 0 Å². The molecule has 0 aliphatic rings. The Bertz CT molecular complexity index is 551. The summed E-state index contributed by atoms with van der Waals surface area (Å²) in [7, 11) is 1.60. The number of methoxy groups -OCH3 is 1. The van der Waals surface area contributed by atoms with Gasteiger partial charge in [-0.3, -0.25) is 0 Å². The monoisotopic (exact) mass is 231 g/mol. The minimum atomic E-state index is -0.411. The zero-order valence-electron chi connectivity index (χ0n) is 9.77. The van der Waals surface area contributed by atoms with E-state index < -0.39 is 5.97 Å². The Morgan fingerprint density at radius 1 is 1.29 bits per heavy atom. The number of esters is 1. The van der Waals surface area contributed by atoms with Gasteiger partial charge in [0.15, 0.2) is 5.69 Å². The van der Waals surface area contributed by atoms with Crippen LogP contribution in [0.1, 0.15) is 17.4 Å². The van der Waals surface area contributed by atoms with E-state index in [0.29, 0.717) is 12.3 Å².